The number of nitrogens with zero attached hydrogens (tertiary/aromatic N) is 4. The van der Waals surface area contributed by atoms with Crippen molar-refractivity contribution in [1.29, 1.82) is 0 Å². The van der Waals surface area contributed by atoms with Crippen LogP contribution in [0.25, 0.3) is 10.4 Å². The number of azide groups is 1. The number of piperidine rings is 1. The highest BCUT2D eigenvalue weighted by molar-refractivity contribution is 5.89. The Morgan fingerprint density at radius 1 is 1.35 bits per heavy atom. The zero-order valence-corrected chi connectivity index (χ0v) is 11.8. The van der Waals surface area contributed by atoms with Gasteiger partial charge >= 0.3 is 6.03 Å². The normalized spacial score (nSPS) is 15.6. The Hall–Kier alpha value is -2.20. The molecule has 0 atom stereocenters. The summed E-state index contributed by atoms with van der Waals surface area (Å²) in [6, 6.07) is 5.81. The lowest BCUT2D eigenvalue weighted by molar-refractivity contribution is 0.195. The molecular formula is C14H19N5O. The molecule has 1 aliphatic heterocycles. The van der Waals surface area contributed by atoms with Gasteiger partial charge in [0, 0.05) is 29.7 Å². The van der Waals surface area contributed by atoms with Crippen molar-refractivity contribution in [1.82, 2.24) is 4.90 Å². The molecule has 6 heteroatoms. The number of likely N-dealkylation sites (tertiary alicyclic amines) is 1. The average Bonchev–Trinajstić information content (AvgIpc) is 2.44. The largest absolute Gasteiger partial charge is 0.325 e. The first kappa shape index (κ1) is 14.2. The van der Waals surface area contributed by atoms with Gasteiger partial charge in [0.25, 0.3) is 0 Å². The van der Waals surface area contributed by atoms with E-state index in [9.17, 15) is 4.79 Å². The first-order valence-corrected chi connectivity index (χ1v) is 6.77. The maximum absolute atomic E-state index is 12.1. The number of hydrogen-bond acceptors (Lipinski definition) is 2. The number of benzene rings is 1. The molecular weight excluding hydrogens is 254 g/mol. The topological polar surface area (TPSA) is 81.1 Å². The lowest BCUT2D eigenvalue weighted by Gasteiger charge is -2.30. The van der Waals surface area contributed by atoms with E-state index < -0.39 is 0 Å². The second-order valence-electron chi connectivity index (χ2n) is 5.15. The third-order valence-corrected chi connectivity index (χ3v) is 3.72. The van der Waals surface area contributed by atoms with Crippen LogP contribution >= 0.6 is 0 Å². The number of nitrogens with one attached hydrogen (secondary N) is 1. The van der Waals surface area contributed by atoms with E-state index in [4.69, 9.17) is 5.53 Å². The van der Waals surface area contributed by atoms with E-state index >= 15 is 0 Å². The van der Waals surface area contributed by atoms with Crippen molar-refractivity contribution in [2.24, 2.45) is 5.11 Å². The van der Waals surface area contributed by atoms with Gasteiger partial charge in [-0.25, -0.2) is 4.79 Å². The summed E-state index contributed by atoms with van der Waals surface area (Å²) in [5, 5.41) is 6.61. The van der Waals surface area contributed by atoms with Crippen LogP contribution in [-0.2, 0) is 0 Å². The minimum atomic E-state index is -0.0901. The highest BCUT2D eigenvalue weighted by atomic mass is 16.2. The van der Waals surface area contributed by atoms with Gasteiger partial charge in [0.1, 0.15) is 0 Å². The van der Waals surface area contributed by atoms with Crippen LogP contribution in [-0.4, -0.2) is 30.1 Å². The standard InChI is InChI=1S/C14H19N5O/c1-10-3-4-13(9-11(10)2)16-14(20)19-7-5-12(6-8-19)17-18-15/h3-4,9,12H,5-8H2,1-2H3,(H,16,20). The summed E-state index contributed by atoms with van der Waals surface area (Å²) in [4.78, 5) is 16.7. The lowest BCUT2D eigenvalue weighted by atomic mass is 10.1. The number of urea groups is 1. The molecule has 2 amide bonds. The van der Waals surface area contributed by atoms with E-state index in [0.29, 0.717) is 13.1 Å². The fraction of sp³-hybridized carbons (Fsp3) is 0.500. The van der Waals surface area contributed by atoms with Gasteiger partial charge in [-0.15, -0.1) is 0 Å². The number of rotatable bonds is 2. The lowest BCUT2D eigenvalue weighted by Crippen LogP contribution is -2.41. The Labute approximate surface area is 118 Å². The third-order valence-electron chi connectivity index (χ3n) is 3.72. The average molecular weight is 273 g/mol. The van der Waals surface area contributed by atoms with E-state index in [1.807, 2.05) is 32.0 Å². The SMILES string of the molecule is Cc1ccc(NC(=O)N2CCC(N=[N+]=[N-])CC2)cc1C. The van der Waals surface area contributed by atoms with Crippen LogP contribution in [0.15, 0.2) is 23.3 Å². The Bertz CT molecular complexity index is 542. The van der Waals surface area contributed by atoms with Gasteiger partial charge < -0.3 is 10.2 Å². The van der Waals surface area contributed by atoms with Crippen molar-refractivity contribution in [2.45, 2.75) is 32.7 Å². The van der Waals surface area contributed by atoms with E-state index in [0.717, 1.165) is 24.1 Å². The van der Waals surface area contributed by atoms with Gasteiger partial charge in [0.05, 0.1) is 0 Å². The molecule has 1 aromatic rings. The van der Waals surface area contributed by atoms with Crippen molar-refractivity contribution in [3.8, 4) is 0 Å². The molecule has 0 spiro atoms. The molecule has 0 aromatic heterocycles. The smallest absolute Gasteiger partial charge is 0.321 e. The van der Waals surface area contributed by atoms with Gasteiger partial charge in [-0.1, -0.05) is 11.2 Å². The molecule has 0 bridgehead atoms. The Morgan fingerprint density at radius 3 is 2.65 bits per heavy atom. The van der Waals surface area contributed by atoms with E-state index in [1.165, 1.54) is 5.56 Å². The Kier molecular flexibility index (Phi) is 4.48. The van der Waals surface area contributed by atoms with Crippen molar-refractivity contribution in [3.05, 3.63) is 39.8 Å². The Balaban J connectivity index is 1.92. The van der Waals surface area contributed by atoms with Gasteiger partial charge in [0.2, 0.25) is 0 Å². The summed E-state index contributed by atoms with van der Waals surface area (Å²) in [5.41, 5.74) is 11.6. The molecule has 1 N–H and O–H groups in total. The molecule has 1 aliphatic rings. The zero-order valence-electron chi connectivity index (χ0n) is 11.8. The quantitative estimate of drug-likeness (QED) is 0.498. The van der Waals surface area contributed by atoms with E-state index in [-0.39, 0.29) is 12.1 Å². The minimum Gasteiger partial charge on any atom is -0.325 e. The van der Waals surface area contributed by atoms with Crippen molar-refractivity contribution in [2.75, 3.05) is 18.4 Å². The van der Waals surface area contributed by atoms with Crippen LogP contribution in [0.5, 0.6) is 0 Å². The predicted octanol–water partition coefficient (Wildman–Crippen LogP) is 3.61. The molecule has 20 heavy (non-hydrogen) atoms. The summed E-state index contributed by atoms with van der Waals surface area (Å²) < 4.78 is 0. The molecule has 0 unspecified atom stereocenters. The number of anilines is 1. The highest BCUT2D eigenvalue weighted by Crippen LogP contribution is 2.17. The zero-order chi connectivity index (χ0) is 14.5. The summed E-state index contributed by atoms with van der Waals surface area (Å²) in [6.07, 6.45) is 1.45. The maximum Gasteiger partial charge on any atom is 0.321 e. The number of carbonyl (C=O) groups is 1. The number of amides is 2. The van der Waals surface area contributed by atoms with Crippen LogP contribution in [0.1, 0.15) is 24.0 Å². The van der Waals surface area contributed by atoms with Crippen LogP contribution in [0.2, 0.25) is 0 Å². The first-order valence-electron chi connectivity index (χ1n) is 6.77. The van der Waals surface area contributed by atoms with Gasteiger partial charge in [-0.05, 0) is 55.5 Å². The molecule has 0 saturated carbocycles. The van der Waals surface area contributed by atoms with Crippen molar-refractivity contribution < 1.29 is 4.79 Å². The van der Waals surface area contributed by atoms with Gasteiger partial charge in [-0.3, -0.25) is 0 Å². The summed E-state index contributed by atoms with van der Waals surface area (Å²) in [5.74, 6) is 0. The maximum atomic E-state index is 12.1. The number of hydrogen-bond donors (Lipinski definition) is 1. The van der Waals surface area contributed by atoms with Crippen molar-refractivity contribution >= 4 is 11.7 Å². The van der Waals surface area contributed by atoms with Crippen LogP contribution in [0.4, 0.5) is 10.5 Å². The monoisotopic (exact) mass is 273 g/mol. The van der Waals surface area contributed by atoms with Crippen LogP contribution in [0.3, 0.4) is 0 Å². The predicted molar refractivity (Wildman–Crippen MR) is 78.7 cm³/mol. The fourth-order valence-electron chi connectivity index (χ4n) is 2.28. The molecule has 6 nitrogen and oxygen atoms in total. The second-order valence-corrected chi connectivity index (χ2v) is 5.15. The van der Waals surface area contributed by atoms with Gasteiger partial charge in [-0.2, -0.15) is 0 Å². The molecule has 1 heterocycles. The van der Waals surface area contributed by atoms with Crippen molar-refractivity contribution in [3.63, 3.8) is 0 Å². The summed E-state index contributed by atoms with van der Waals surface area (Å²) in [6.45, 7) is 5.32. The first-order chi connectivity index (χ1) is 9.60. The summed E-state index contributed by atoms with van der Waals surface area (Å²) >= 11 is 0. The third kappa shape index (κ3) is 3.42. The number of aryl methyl sites for hydroxylation is 2. The molecule has 2 rings (SSSR count). The molecule has 0 radical (unpaired) electrons. The minimum absolute atomic E-state index is 0.0191. The molecule has 1 aromatic carbocycles. The number of carbonyl (C=O) groups excluding carboxylic acids is 1. The second kappa shape index (κ2) is 6.30. The summed E-state index contributed by atoms with van der Waals surface area (Å²) in [7, 11) is 0. The van der Waals surface area contributed by atoms with E-state index in [2.05, 4.69) is 15.3 Å². The van der Waals surface area contributed by atoms with E-state index in [1.54, 1.807) is 4.90 Å². The molecule has 1 fully saturated rings. The van der Waals surface area contributed by atoms with Gasteiger partial charge in [0.15, 0.2) is 0 Å². The molecule has 106 valence electrons. The Morgan fingerprint density at radius 2 is 2.05 bits per heavy atom. The molecule has 0 aliphatic carbocycles. The van der Waals surface area contributed by atoms with Crippen LogP contribution in [0, 0.1) is 13.8 Å². The highest BCUT2D eigenvalue weighted by Gasteiger charge is 2.21. The van der Waals surface area contributed by atoms with Crippen LogP contribution < -0.4 is 5.32 Å². The fourth-order valence-corrected chi connectivity index (χ4v) is 2.28. The molecule has 1 saturated heterocycles.